The molecule has 2 aliphatic rings. The Hall–Kier alpha value is -1.92. The van der Waals surface area contributed by atoms with Crippen molar-refractivity contribution < 1.29 is 23.9 Å². The highest BCUT2D eigenvalue weighted by Gasteiger charge is 2.55. The van der Waals surface area contributed by atoms with Crippen LogP contribution in [0.15, 0.2) is 0 Å². The zero-order valence-electron chi connectivity index (χ0n) is 12.3. The zero-order chi connectivity index (χ0) is 15.6. The van der Waals surface area contributed by atoms with Gasteiger partial charge >= 0.3 is 12.0 Å². The molecule has 2 fully saturated rings. The molecule has 0 aromatic carbocycles. The number of hydrogen-bond acceptors (Lipinski definition) is 5. The number of amides is 4. The van der Waals surface area contributed by atoms with Crippen molar-refractivity contribution in [3.8, 4) is 0 Å². The maximum atomic E-state index is 12.7. The molecular weight excluding hydrogens is 276 g/mol. The Morgan fingerprint density at radius 2 is 1.90 bits per heavy atom. The standard InChI is InChI=1S/C14H20N2O5/c1-3-21-10(17)9(2)16-12(19)14(7-5-4-6-8-14)11(18)15-13(16)20/h9H,3-8H2,1-2H3,(H,15,18,20). The summed E-state index contributed by atoms with van der Waals surface area (Å²) in [5.41, 5.74) is -1.20. The van der Waals surface area contributed by atoms with Gasteiger partial charge in [-0.2, -0.15) is 0 Å². The summed E-state index contributed by atoms with van der Waals surface area (Å²) in [6, 6.07) is -1.88. The summed E-state index contributed by atoms with van der Waals surface area (Å²) >= 11 is 0. The predicted molar refractivity (Wildman–Crippen MR) is 72.0 cm³/mol. The third-order valence-electron chi connectivity index (χ3n) is 4.22. The van der Waals surface area contributed by atoms with Crippen molar-refractivity contribution in [2.75, 3.05) is 6.61 Å². The second-order valence-corrected chi connectivity index (χ2v) is 5.51. The van der Waals surface area contributed by atoms with Crippen LogP contribution in [0.4, 0.5) is 4.79 Å². The zero-order valence-corrected chi connectivity index (χ0v) is 12.3. The van der Waals surface area contributed by atoms with E-state index in [1.165, 1.54) is 6.92 Å². The average molecular weight is 296 g/mol. The Labute approximate surface area is 123 Å². The summed E-state index contributed by atoms with van der Waals surface area (Å²) in [5.74, 6) is -1.76. The minimum Gasteiger partial charge on any atom is -0.464 e. The van der Waals surface area contributed by atoms with E-state index in [1.54, 1.807) is 6.92 Å². The summed E-state index contributed by atoms with van der Waals surface area (Å²) in [4.78, 5) is 49.5. The molecule has 116 valence electrons. The molecule has 0 bridgehead atoms. The monoisotopic (exact) mass is 296 g/mol. The van der Waals surface area contributed by atoms with Gasteiger partial charge in [-0.3, -0.25) is 14.9 Å². The molecule has 0 aromatic heterocycles. The summed E-state index contributed by atoms with van der Waals surface area (Å²) in [7, 11) is 0. The molecule has 2 rings (SSSR count). The summed E-state index contributed by atoms with van der Waals surface area (Å²) in [5, 5.41) is 2.22. The minimum atomic E-state index is -1.20. The lowest BCUT2D eigenvalue weighted by Gasteiger charge is -2.42. The van der Waals surface area contributed by atoms with E-state index >= 15 is 0 Å². The number of rotatable bonds is 3. The third kappa shape index (κ3) is 2.52. The van der Waals surface area contributed by atoms with Gasteiger partial charge in [-0.15, -0.1) is 0 Å². The lowest BCUT2D eigenvalue weighted by molar-refractivity contribution is -0.162. The summed E-state index contributed by atoms with van der Waals surface area (Å²) < 4.78 is 4.86. The van der Waals surface area contributed by atoms with E-state index in [9.17, 15) is 19.2 Å². The van der Waals surface area contributed by atoms with Crippen LogP contribution in [-0.4, -0.2) is 41.4 Å². The summed E-state index contributed by atoms with van der Waals surface area (Å²) in [6.45, 7) is 3.24. The first kappa shape index (κ1) is 15.5. The molecule has 1 N–H and O–H groups in total. The van der Waals surface area contributed by atoms with Gasteiger partial charge in [0.25, 0.3) is 0 Å². The molecule has 1 spiro atoms. The Bertz CT molecular complexity index is 482. The molecule has 1 atom stereocenters. The molecular formula is C14H20N2O5. The van der Waals surface area contributed by atoms with Crippen LogP contribution in [0.2, 0.25) is 0 Å². The van der Waals surface area contributed by atoms with Gasteiger partial charge in [0.15, 0.2) is 0 Å². The van der Waals surface area contributed by atoms with Crippen LogP contribution in [0.3, 0.4) is 0 Å². The molecule has 4 amide bonds. The van der Waals surface area contributed by atoms with E-state index in [1.807, 2.05) is 0 Å². The molecule has 1 heterocycles. The molecule has 0 aromatic rings. The largest absolute Gasteiger partial charge is 0.464 e. The number of barbiturate groups is 1. The first-order valence-corrected chi connectivity index (χ1v) is 7.29. The number of hydrogen-bond donors (Lipinski definition) is 1. The highest BCUT2D eigenvalue weighted by atomic mass is 16.5. The van der Waals surface area contributed by atoms with Crippen LogP contribution < -0.4 is 5.32 Å². The first-order valence-electron chi connectivity index (χ1n) is 7.29. The second-order valence-electron chi connectivity index (χ2n) is 5.51. The van der Waals surface area contributed by atoms with E-state index in [0.29, 0.717) is 12.8 Å². The van der Waals surface area contributed by atoms with Crippen molar-refractivity contribution in [3.63, 3.8) is 0 Å². The van der Waals surface area contributed by atoms with Crippen molar-refractivity contribution in [2.24, 2.45) is 5.41 Å². The minimum absolute atomic E-state index is 0.164. The Morgan fingerprint density at radius 1 is 1.29 bits per heavy atom. The molecule has 7 heteroatoms. The molecule has 1 saturated carbocycles. The van der Waals surface area contributed by atoms with Gasteiger partial charge in [0, 0.05) is 0 Å². The fourth-order valence-corrected chi connectivity index (χ4v) is 3.01. The number of ether oxygens (including phenoxy) is 1. The van der Waals surface area contributed by atoms with Crippen LogP contribution >= 0.6 is 0 Å². The highest BCUT2D eigenvalue weighted by Crippen LogP contribution is 2.40. The van der Waals surface area contributed by atoms with E-state index in [2.05, 4.69) is 5.32 Å². The van der Waals surface area contributed by atoms with Crippen LogP contribution in [0.1, 0.15) is 46.0 Å². The fourth-order valence-electron chi connectivity index (χ4n) is 3.01. The van der Waals surface area contributed by atoms with Crippen LogP contribution in [0, 0.1) is 5.41 Å². The molecule has 21 heavy (non-hydrogen) atoms. The van der Waals surface area contributed by atoms with Crippen LogP contribution in [-0.2, 0) is 19.1 Å². The smallest absolute Gasteiger partial charge is 0.331 e. The topological polar surface area (TPSA) is 92.8 Å². The Balaban J connectivity index is 2.29. The number of carbonyl (C=O) groups excluding carboxylic acids is 4. The van der Waals surface area contributed by atoms with Gasteiger partial charge in [-0.1, -0.05) is 19.3 Å². The van der Waals surface area contributed by atoms with Gasteiger partial charge in [0.2, 0.25) is 11.8 Å². The van der Waals surface area contributed by atoms with Crippen molar-refractivity contribution in [3.05, 3.63) is 0 Å². The van der Waals surface area contributed by atoms with Crippen LogP contribution in [0.5, 0.6) is 0 Å². The van der Waals surface area contributed by atoms with Crippen molar-refractivity contribution in [1.82, 2.24) is 10.2 Å². The summed E-state index contributed by atoms with van der Waals surface area (Å²) in [6.07, 6.45) is 3.31. The molecule has 1 unspecified atom stereocenters. The molecule has 7 nitrogen and oxygen atoms in total. The number of urea groups is 1. The molecule has 1 aliphatic heterocycles. The number of imide groups is 2. The van der Waals surface area contributed by atoms with E-state index in [4.69, 9.17) is 4.74 Å². The molecule has 1 saturated heterocycles. The lowest BCUT2D eigenvalue weighted by Crippen LogP contribution is -2.67. The Morgan fingerprint density at radius 3 is 2.48 bits per heavy atom. The van der Waals surface area contributed by atoms with E-state index in [0.717, 1.165) is 24.2 Å². The van der Waals surface area contributed by atoms with Gasteiger partial charge in [-0.05, 0) is 26.7 Å². The van der Waals surface area contributed by atoms with Gasteiger partial charge in [-0.25, -0.2) is 14.5 Å². The predicted octanol–water partition coefficient (Wildman–Crippen LogP) is 0.967. The third-order valence-corrected chi connectivity index (χ3v) is 4.22. The lowest BCUT2D eigenvalue weighted by atomic mass is 9.71. The van der Waals surface area contributed by atoms with E-state index < -0.39 is 35.3 Å². The maximum absolute atomic E-state index is 12.7. The van der Waals surface area contributed by atoms with Gasteiger partial charge in [0.1, 0.15) is 11.5 Å². The normalized spacial score (nSPS) is 23.0. The Kier molecular flexibility index (Phi) is 4.29. The van der Waals surface area contributed by atoms with Gasteiger partial charge < -0.3 is 4.74 Å². The number of nitrogens with zero attached hydrogens (tertiary/aromatic N) is 1. The maximum Gasteiger partial charge on any atom is 0.331 e. The van der Waals surface area contributed by atoms with Crippen molar-refractivity contribution in [1.29, 1.82) is 0 Å². The van der Waals surface area contributed by atoms with Crippen molar-refractivity contribution >= 4 is 23.8 Å². The van der Waals surface area contributed by atoms with Gasteiger partial charge in [0.05, 0.1) is 6.61 Å². The average Bonchev–Trinajstić information content (AvgIpc) is 2.46. The first-order chi connectivity index (χ1) is 9.94. The SMILES string of the molecule is CCOC(=O)C(C)N1C(=O)NC(=O)C2(CCCCC2)C1=O. The van der Waals surface area contributed by atoms with E-state index in [-0.39, 0.29) is 6.61 Å². The van der Waals surface area contributed by atoms with Crippen molar-refractivity contribution in [2.45, 2.75) is 52.0 Å². The fraction of sp³-hybridized carbons (Fsp3) is 0.714. The quantitative estimate of drug-likeness (QED) is 0.618. The second kappa shape index (κ2) is 5.83. The highest BCUT2D eigenvalue weighted by molar-refractivity contribution is 6.20. The molecule has 0 radical (unpaired) electrons. The number of esters is 1. The molecule has 1 aliphatic carbocycles. The number of carbonyl (C=O) groups is 4. The number of nitrogens with one attached hydrogen (secondary N) is 1. The van der Waals surface area contributed by atoms with Crippen LogP contribution in [0.25, 0.3) is 0 Å².